The predicted molar refractivity (Wildman–Crippen MR) is 111 cm³/mol. The van der Waals surface area contributed by atoms with Crippen molar-refractivity contribution >= 4 is 11.8 Å². The van der Waals surface area contributed by atoms with Gasteiger partial charge in [0, 0.05) is 30.8 Å². The van der Waals surface area contributed by atoms with E-state index in [0.717, 1.165) is 0 Å². The second kappa shape index (κ2) is 9.74. The van der Waals surface area contributed by atoms with E-state index in [2.05, 4.69) is 0 Å². The molecule has 0 bridgehead atoms. The Bertz CT molecular complexity index is 1090. The van der Waals surface area contributed by atoms with Crippen LogP contribution >= 0.6 is 0 Å². The fourth-order valence-corrected chi connectivity index (χ4v) is 3.60. The molecule has 6 nitrogen and oxygen atoms in total. The van der Waals surface area contributed by atoms with Gasteiger partial charge in [-0.3, -0.25) is 9.59 Å². The Morgan fingerprint density at radius 3 is 2.31 bits per heavy atom. The Morgan fingerprint density at radius 2 is 1.66 bits per heavy atom. The summed E-state index contributed by atoms with van der Waals surface area (Å²) < 4.78 is 39.3. The van der Waals surface area contributed by atoms with Crippen LogP contribution in [0, 0.1) is 11.6 Å². The summed E-state index contributed by atoms with van der Waals surface area (Å²) in [4.78, 5) is 28.6. The fraction of sp³-hybridized carbons (Fsp3) is 0.250. The highest BCUT2D eigenvalue weighted by Crippen LogP contribution is 2.18. The molecule has 0 saturated carbocycles. The number of halogens is 2. The summed E-state index contributed by atoms with van der Waals surface area (Å²) in [5.74, 6) is -1.50. The average Bonchev–Trinajstić information content (AvgIpc) is 3.28. The molecule has 1 saturated heterocycles. The topological polar surface area (TPSA) is 63.0 Å². The van der Waals surface area contributed by atoms with Crippen LogP contribution in [0.5, 0.6) is 0 Å². The number of benzene rings is 2. The third kappa shape index (κ3) is 5.03. The summed E-state index contributed by atoms with van der Waals surface area (Å²) in [6.07, 6.45) is 0.774. The lowest BCUT2D eigenvalue weighted by Crippen LogP contribution is -2.39. The van der Waals surface area contributed by atoms with Gasteiger partial charge in [-0.25, -0.2) is 8.78 Å². The van der Waals surface area contributed by atoms with Crippen molar-refractivity contribution < 1.29 is 27.5 Å². The normalized spacial score (nSPS) is 16.8. The lowest BCUT2D eigenvalue weighted by atomic mass is 10.2. The Kier molecular flexibility index (Phi) is 6.61. The van der Waals surface area contributed by atoms with Crippen molar-refractivity contribution in [3.05, 3.63) is 95.4 Å². The minimum atomic E-state index is -0.605. The molecule has 166 valence electrons. The van der Waals surface area contributed by atoms with Gasteiger partial charge in [0.1, 0.15) is 18.2 Å². The number of hydrogen-bond donors (Lipinski definition) is 0. The zero-order valence-corrected chi connectivity index (χ0v) is 17.2. The van der Waals surface area contributed by atoms with Crippen LogP contribution in [0.2, 0.25) is 0 Å². The monoisotopic (exact) mass is 440 g/mol. The van der Waals surface area contributed by atoms with Crippen LogP contribution in [0.3, 0.4) is 0 Å². The Morgan fingerprint density at radius 1 is 0.969 bits per heavy atom. The van der Waals surface area contributed by atoms with Crippen molar-refractivity contribution in [3.8, 4) is 0 Å². The van der Waals surface area contributed by atoms with Gasteiger partial charge < -0.3 is 19.0 Å². The number of amides is 2. The van der Waals surface area contributed by atoms with Crippen molar-refractivity contribution in [2.75, 3.05) is 19.6 Å². The maximum Gasteiger partial charge on any atom is 0.290 e. The molecule has 1 fully saturated rings. The van der Waals surface area contributed by atoms with E-state index in [1.807, 2.05) is 0 Å². The van der Waals surface area contributed by atoms with Crippen molar-refractivity contribution in [3.63, 3.8) is 0 Å². The van der Waals surface area contributed by atoms with E-state index in [0.29, 0.717) is 11.1 Å². The van der Waals surface area contributed by atoms with Crippen LogP contribution in [0.25, 0.3) is 0 Å². The number of ether oxygens (including phenoxy) is 1. The van der Waals surface area contributed by atoms with Gasteiger partial charge in [0.05, 0.1) is 19.0 Å². The molecule has 0 spiro atoms. The summed E-state index contributed by atoms with van der Waals surface area (Å²) >= 11 is 0. The number of rotatable bonds is 6. The molecule has 32 heavy (non-hydrogen) atoms. The van der Waals surface area contributed by atoms with Crippen molar-refractivity contribution in [1.29, 1.82) is 0 Å². The lowest BCUT2D eigenvalue weighted by Gasteiger charge is -2.25. The third-order valence-corrected chi connectivity index (χ3v) is 5.30. The molecular formula is C24H22F2N2O4. The van der Waals surface area contributed by atoms with E-state index in [1.165, 1.54) is 34.3 Å². The number of carbonyl (C=O) groups is 2. The summed E-state index contributed by atoms with van der Waals surface area (Å²) in [5.41, 5.74) is 0.729. The van der Waals surface area contributed by atoms with E-state index in [-0.39, 0.29) is 44.5 Å². The van der Waals surface area contributed by atoms with Crippen LogP contribution in [0.4, 0.5) is 8.78 Å². The van der Waals surface area contributed by atoms with E-state index < -0.39 is 23.6 Å². The molecular weight excluding hydrogens is 418 g/mol. The highest BCUT2D eigenvalue weighted by molar-refractivity contribution is 5.94. The molecule has 2 amide bonds. The van der Waals surface area contributed by atoms with Crippen molar-refractivity contribution in [2.24, 2.45) is 0 Å². The first-order valence-corrected chi connectivity index (χ1v) is 10.2. The predicted octanol–water partition coefficient (Wildman–Crippen LogP) is 3.63. The zero-order chi connectivity index (χ0) is 22.5. The fourth-order valence-electron chi connectivity index (χ4n) is 3.60. The Hall–Kier alpha value is -3.52. The first kappa shape index (κ1) is 21.7. The highest BCUT2D eigenvalue weighted by Gasteiger charge is 2.32. The Labute approximate surface area is 184 Å². The molecule has 1 aromatic heterocycles. The molecule has 1 unspecified atom stereocenters. The van der Waals surface area contributed by atoms with Gasteiger partial charge >= 0.3 is 0 Å². The first-order chi connectivity index (χ1) is 15.5. The molecule has 1 atom stereocenters. The molecule has 4 rings (SSSR count). The minimum absolute atomic E-state index is 0.0259. The van der Waals surface area contributed by atoms with Crippen LogP contribution in [-0.2, 0) is 22.7 Å². The summed E-state index contributed by atoms with van der Waals surface area (Å²) in [5, 5.41) is 0. The van der Waals surface area contributed by atoms with Crippen molar-refractivity contribution in [1.82, 2.24) is 9.80 Å². The number of carbonyl (C=O) groups excluding carboxylic acids is 2. The van der Waals surface area contributed by atoms with Crippen molar-refractivity contribution in [2.45, 2.75) is 19.3 Å². The Balaban J connectivity index is 1.55. The molecule has 0 aliphatic carbocycles. The average molecular weight is 440 g/mol. The zero-order valence-electron chi connectivity index (χ0n) is 17.2. The standard InChI is InChI=1S/C24H22F2N2O4/c25-20-8-3-1-6-17(20)12-27-13-19(32-16-18-7-2-4-9-21(18)26)14-28(15-23(27)29)24(30)22-10-5-11-31-22/h1-11,19H,12-16H2. The summed E-state index contributed by atoms with van der Waals surface area (Å²) in [6.45, 7) is 0.0420. The van der Waals surface area contributed by atoms with Gasteiger partial charge in [-0.2, -0.15) is 0 Å². The molecule has 2 heterocycles. The molecule has 1 aliphatic rings. The van der Waals surface area contributed by atoms with Crippen LogP contribution in [0.1, 0.15) is 21.7 Å². The molecule has 1 aliphatic heterocycles. The number of furan rings is 1. The molecule has 2 aromatic carbocycles. The SMILES string of the molecule is O=C1CN(C(=O)c2ccco2)CC(OCc2ccccc2F)CN1Cc1ccccc1F. The second-order valence-electron chi connectivity index (χ2n) is 7.55. The van der Waals surface area contributed by atoms with E-state index in [9.17, 15) is 18.4 Å². The van der Waals surface area contributed by atoms with E-state index in [1.54, 1.807) is 42.5 Å². The number of hydrogen-bond acceptors (Lipinski definition) is 4. The second-order valence-corrected chi connectivity index (χ2v) is 7.55. The van der Waals surface area contributed by atoms with Gasteiger partial charge in [0.15, 0.2) is 5.76 Å². The lowest BCUT2D eigenvalue weighted by molar-refractivity contribution is -0.132. The van der Waals surface area contributed by atoms with Gasteiger partial charge in [-0.1, -0.05) is 36.4 Å². The summed E-state index contributed by atoms with van der Waals surface area (Å²) in [7, 11) is 0. The molecule has 0 N–H and O–H groups in total. The van der Waals surface area contributed by atoms with E-state index in [4.69, 9.17) is 9.15 Å². The van der Waals surface area contributed by atoms with E-state index >= 15 is 0 Å². The molecule has 0 radical (unpaired) electrons. The van der Waals surface area contributed by atoms with Crippen LogP contribution < -0.4 is 0 Å². The van der Waals surface area contributed by atoms with Crippen LogP contribution in [0.15, 0.2) is 71.3 Å². The quantitative estimate of drug-likeness (QED) is 0.587. The maximum absolute atomic E-state index is 14.2. The first-order valence-electron chi connectivity index (χ1n) is 10.2. The summed E-state index contributed by atoms with van der Waals surface area (Å²) in [6, 6.07) is 15.6. The largest absolute Gasteiger partial charge is 0.459 e. The molecule has 3 aromatic rings. The minimum Gasteiger partial charge on any atom is -0.459 e. The maximum atomic E-state index is 14.2. The van der Waals surface area contributed by atoms with Gasteiger partial charge in [-0.15, -0.1) is 0 Å². The number of nitrogens with zero attached hydrogens (tertiary/aromatic N) is 2. The van der Waals surface area contributed by atoms with Gasteiger partial charge in [-0.05, 0) is 24.3 Å². The highest BCUT2D eigenvalue weighted by atomic mass is 19.1. The van der Waals surface area contributed by atoms with Gasteiger partial charge in [0.2, 0.25) is 5.91 Å². The smallest absolute Gasteiger partial charge is 0.290 e. The molecule has 8 heteroatoms. The third-order valence-electron chi connectivity index (χ3n) is 5.30. The van der Waals surface area contributed by atoms with Crippen LogP contribution in [-0.4, -0.2) is 47.4 Å². The van der Waals surface area contributed by atoms with Gasteiger partial charge in [0.25, 0.3) is 5.91 Å².